The van der Waals surface area contributed by atoms with Crippen molar-refractivity contribution in [3.8, 4) is 11.5 Å². The molecular formula is C25H24O8. The molecule has 0 aliphatic carbocycles. The molecular weight excluding hydrogens is 428 g/mol. The first kappa shape index (κ1) is 25.1. The van der Waals surface area contributed by atoms with E-state index in [1.165, 1.54) is 0 Å². The standard InChI is InChI=1S/C25H24O8/c1-15(13-21(26)27)23(30)32-19-9-5-17(6-10-19)25(3,4)18-7-11-20(12-8-18)33-24(31)16(2)14-22(28)29/h5-12H,1-2,13-14H2,3-4H3,(H,26,27)(H,28,29). The van der Waals surface area contributed by atoms with Crippen molar-refractivity contribution in [3.05, 3.63) is 84.0 Å². The predicted molar refractivity (Wildman–Crippen MR) is 119 cm³/mol. The van der Waals surface area contributed by atoms with Gasteiger partial charge in [0.25, 0.3) is 0 Å². The van der Waals surface area contributed by atoms with Crippen molar-refractivity contribution in [2.45, 2.75) is 32.1 Å². The maximum absolute atomic E-state index is 11.9. The molecule has 0 heterocycles. The second kappa shape index (κ2) is 10.4. The monoisotopic (exact) mass is 452 g/mol. The molecule has 0 aliphatic heterocycles. The van der Waals surface area contributed by atoms with Gasteiger partial charge in [0.1, 0.15) is 11.5 Å². The summed E-state index contributed by atoms with van der Waals surface area (Å²) in [6.45, 7) is 10.8. The zero-order valence-corrected chi connectivity index (χ0v) is 18.3. The molecule has 2 rings (SSSR count). The molecule has 8 heteroatoms. The van der Waals surface area contributed by atoms with Crippen LogP contribution in [0.2, 0.25) is 0 Å². The topological polar surface area (TPSA) is 127 Å². The summed E-state index contributed by atoms with van der Waals surface area (Å²) >= 11 is 0. The fourth-order valence-electron chi connectivity index (χ4n) is 2.91. The van der Waals surface area contributed by atoms with E-state index in [1.807, 2.05) is 13.8 Å². The minimum Gasteiger partial charge on any atom is -0.481 e. The Hall–Kier alpha value is -4.20. The van der Waals surface area contributed by atoms with Crippen molar-refractivity contribution in [2.24, 2.45) is 0 Å². The minimum absolute atomic E-state index is 0.153. The highest BCUT2D eigenvalue weighted by Gasteiger charge is 2.24. The van der Waals surface area contributed by atoms with Gasteiger partial charge in [-0.3, -0.25) is 9.59 Å². The van der Waals surface area contributed by atoms with E-state index in [0.29, 0.717) is 0 Å². The summed E-state index contributed by atoms with van der Waals surface area (Å²) in [5, 5.41) is 17.5. The molecule has 0 fully saturated rings. The van der Waals surface area contributed by atoms with Crippen molar-refractivity contribution in [1.82, 2.24) is 0 Å². The van der Waals surface area contributed by atoms with Gasteiger partial charge in [0, 0.05) is 16.6 Å². The lowest BCUT2D eigenvalue weighted by atomic mass is 9.78. The van der Waals surface area contributed by atoms with Gasteiger partial charge in [-0.1, -0.05) is 51.3 Å². The van der Waals surface area contributed by atoms with Crippen LogP contribution in [-0.4, -0.2) is 34.1 Å². The number of carbonyl (C=O) groups is 4. The first-order chi connectivity index (χ1) is 15.4. The number of carbonyl (C=O) groups excluding carboxylic acids is 2. The van der Waals surface area contributed by atoms with E-state index in [2.05, 4.69) is 13.2 Å². The molecule has 0 amide bonds. The maximum Gasteiger partial charge on any atom is 0.339 e. The van der Waals surface area contributed by atoms with E-state index in [1.54, 1.807) is 48.5 Å². The quantitative estimate of drug-likeness (QED) is 0.316. The summed E-state index contributed by atoms with van der Waals surface area (Å²) in [5.74, 6) is -3.42. The van der Waals surface area contributed by atoms with Crippen LogP contribution in [0.3, 0.4) is 0 Å². The molecule has 2 N–H and O–H groups in total. The second-order valence-electron chi connectivity index (χ2n) is 7.80. The summed E-state index contributed by atoms with van der Waals surface area (Å²) in [6.07, 6.45) is -0.994. The Morgan fingerprint density at radius 3 is 1.27 bits per heavy atom. The Kier molecular flexibility index (Phi) is 7.90. The molecule has 0 aliphatic rings. The van der Waals surface area contributed by atoms with E-state index in [0.717, 1.165) is 11.1 Å². The maximum atomic E-state index is 11.9. The Morgan fingerprint density at radius 1 is 0.697 bits per heavy atom. The summed E-state index contributed by atoms with van der Waals surface area (Å²) in [6, 6.07) is 13.6. The number of esters is 2. The number of benzene rings is 2. The number of aliphatic carboxylic acids is 2. The van der Waals surface area contributed by atoms with Crippen molar-refractivity contribution in [2.75, 3.05) is 0 Å². The normalized spacial score (nSPS) is 10.7. The Morgan fingerprint density at radius 2 is 1.00 bits per heavy atom. The van der Waals surface area contributed by atoms with Crippen LogP contribution in [0.15, 0.2) is 72.8 Å². The van der Waals surface area contributed by atoms with Gasteiger partial charge in [-0.15, -0.1) is 0 Å². The molecule has 0 aromatic heterocycles. The molecule has 172 valence electrons. The van der Waals surface area contributed by atoms with E-state index >= 15 is 0 Å². The van der Waals surface area contributed by atoms with Crippen LogP contribution >= 0.6 is 0 Å². The molecule has 0 spiro atoms. The van der Waals surface area contributed by atoms with Crippen LogP contribution in [0.25, 0.3) is 0 Å². The SMILES string of the molecule is C=C(CC(=O)O)C(=O)Oc1ccc(C(C)(C)c2ccc(OC(=O)C(=C)CC(=O)O)cc2)cc1. The fourth-order valence-corrected chi connectivity index (χ4v) is 2.91. The molecule has 0 saturated heterocycles. The van der Waals surface area contributed by atoms with Gasteiger partial charge in [0.2, 0.25) is 0 Å². The third kappa shape index (κ3) is 6.90. The lowest BCUT2D eigenvalue weighted by molar-refractivity contribution is -0.139. The molecule has 2 aromatic rings. The largest absolute Gasteiger partial charge is 0.481 e. The summed E-state index contributed by atoms with van der Waals surface area (Å²) in [5.41, 5.74) is 1.06. The van der Waals surface area contributed by atoms with Crippen molar-refractivity contribution >= 4 is 23.9 Å². The zero-order chi connectivity index (χ0) is 24.8. The highest BCUT2D eigenvalue weighted by molar-refractivity contribution is 5.94. The van der Waals surface area contributed by atoms with Crippen LogP contribution in [0.5, 0.6) is 11.5 Å². The zero-order valence-electron chi connectivity index (χ0n) is 18.3. The molecule has 0 bridgehead atoms. The fraction of sp³-hybridized carbons (Fsp3) is 0.200. The van der Waals surface area contributed by atoms with Gasteiger partial charge < -0.3 is 19.7 Å². The van der Waals surface area contributed by atoms with E-state index < -0.39 is 42.1 Å². The third-order valence-corrected chi connectivity index (χ3v) is 4.88. The summed E-state index contributed by atoms with van der Waals surface area (Å²) in [7, 11) is 0. The van der Waals surface area contributed by atoms with Gasteiger partial charge in [-0.2, -0.15) is 0 Å². The first-order valence-corrected chi connectivity index (χ1v) is 9.84. The number of rotatable bonds is 10. The highest BCUT2D eigenvalue weighted by Crippen LogP contribution is 2.33. The number of hydrogen-bond acceptors (Lipinski definition) is 6. The van der Waals surface area contributed by atoms with Gasteiger partial charge >= 0.3 is 23.9 Å². The average molecular weight is 452 g/mol. The predicted octanol–water partition coefficient (Wildman–Crippen LogP) is 3.89. The Balaban J connectivity index is 2.08. The summed E-state index contributed by atoms with van der Waals surface area (Å²) in [4.78, 5) is 45.2. The van der Waals surface area contributed by atoms with E-state index in [9.17, 15) is 19.2 Å². The van der Waals surface area contributed by atoms with E-state index in [4.69, 9.17) is 19.7 Å². The molecule has 0 atom stereocenters. The molecule has 0 saturated carbocycles. The molecule has 8 nitrogen and oxygen atoms in total. The average Bonchev–Trinajstić information content (AvgIpc) is 2.73. The van der Waals surface area contributed by atoms with Gasteiger partial charge in [0.15, 0.2) is 0 Å². The van der Waals surface area contributed by atoms with Gasteiger partial charge in [-0.05, 0) is 35.4 Å². The minimum atomic E-state index is -1.17. The van der Waals surface area contributed by atoms with Crippen LogP contribution in [0, 0.1) is 0 Å². The third-order valence-electron chi connectivity index (χ3n) is 4.88. The van der Waals surface area contributed by atoms with Crippen LogP contribution in [0.1, 0.15) is 37.8 Å². The van der Waals surface area contributed by atoms with Crippen molar-refractivity contribution < 1.29 is 38.9 Å². The number of hydrogen-bond donors (Lipinski definition) is 2. The number of carboxylic acids is 2. The Labute approximate surface area is 190 Å². The lowest BCUT2D eigenvalue weighted by Gasteiger charge is -2.26. The molecule has 33 heavy (non-hydrogen) atoms. The Bertz CT molecular complexity index is 1000. The van der Waals surface area contributed by atoms with Gasteiger partial charge in [-0.25, -0.2) is 9.59 Å². The van der Waals surface area contributed by atoms with Gasteiger partial charge in [0.05, 0.1) is 12.8 Å². The van der Waals surface area contributed by atoms with Crippen LogP contribution in [0.4, 0.5) is 0 Å². The van der Waals surface area contributed by atoms with E-state index in [-0.39, 0.29) is 22.6 Å². The van der Waals surface area contributed by atoms with Crippen molar-refractivity contribution in [1.29, 1.82) is 0 Å². The second-order valence-corrected chi connectivity index (χ2v) is 7.80. The van der Waals surface area contributed by atoms with Crippen molar-refractivity contribution in [3.63, 3.8) is 0 Å². The first-order valence-electron chi connectivity index (χ1n) is 9.84. The molecule has 0 unspecified atom stereocenters. The number of carboxylic acid groups (broad SMARTS) is 2. The van der Waals surface area contributed by atoms with Crippen LogP contribution in [-0.2, 0) is 24.6 Å². The molecule has 2 aromatic carbocycles. The smallest absolute Gasteiger partial charge is 0.339 e. The number of ether oxygens (including phenoxy) is 2. The summed E-state index contributed by atoms with van der Waals surface area (Å²) < 4.78 is 10.3. The highest BCUT2D eigenvalue weighted by atomic mass is 16.5. The molecule has 0 radical (unpaired) electrons. The van der Waals surface area contributed by atoms with Crippen LogP contribution < -0.4 is 9.47 Å². The lowest BCUT2D eigenvalue weighted by Crippen LogP contribution is -2.19.